The highest BCUT2D eigenvalue weighted by atomic mass is 32.2. The summed E-state index contributed by atoms with van der Waals surface area (Å²) in [6.45, 7) is 7.96. The Morgan fingerprint density at radius 1 is 0.933 bits per heavy atom. The lowest BCUT2D eigenvalue weighted by Crippen LogP contribution is -2.53. The lowest BCUT2D eigenvalue weighted by atomic mass is 10.0. The molecule has 0 atom stereocenters. The molecule has 3 aromatic carbocycles. The summed E-state index contributed by atoms with van der Waals surface area (Å²) < 4.78 is 48.5. The molecule has 0 bridgehead atoms. The number of nitrogens with zero attached hydrogens (tertiary/aromatic N) is 1. The fourth-order valence-corrected chi connectivity index (χ4v) is 5.50. The van der Waals surface area contributed by atoms with Crippen LogP contribution in [-0.4, -0.2) is 51.5 Å². The van der Waals surface area contributed by atoms with Crippen LogP contribution in [0.3, 0.4) is 0 Å². The van der Waals surface area contributed by atoms with Gasteiger partial charge in [0.25, 0.3) is 11.8 Å². The van der Waals surface area contributed by atoms with Crippen molar-refractivity contribution in [2.45, 2.75) is 38.1 Å². The van der Waals surface area contributed by atoms with Crippen LogP contribution in [0.5, 0.6) is 23.0 Å². The number of imide groups is 2. The molecule has 11 nitrogen and oxygen atoms in total. The van der Waals surface area contributed by atoms with E-state index >= 15 is 0 Å². The first kappa shape index (κ1) is 32.8. The van der Waals surface area contributed by atoms with Crippen LogP contribution >= 0.6 is 0 Å². The van der Waals surface area contributed by atoms with Crippen molar-refractivity contribution in [2.75, 3.05) is 20.3 Å². The van der Waals surface area contributed by atoms with Gasteiger partial charge in [0.05, 0.1) is 26.9 Å². The first-order valence-electron chi connectivity index (χ1n) is 14.2. The molecule has 0 aliphatic carbocycles. The van der Waals surface area contributed by atoms with E-state index < -0.39 is 28.0 Å². The lowest BCUT2D eigenvalue weighted by Gasteiger charge is -2.26. The van der Waals surface area contributed by atoms with Gasteiger partial charge in [-0.05, 0) is 73.4 Å². The van der Waals surface area contributed by atoms with E-state index in [0.29, 0.717) is 34.8 Å². The Morgan fingerprint density at radius 2 is 1.69 bits per heavy atom. The summed E-state index contributed by atoms with van der Waals surface area (Å²) in [4.78, 5) is 40.0. The SMILES string of the molecule is C=CCc1cc(/C=C2\C(=O)NC(=O)N(Cc3ccc(OCCC)c(OC)c3)C2=O)cc(OCC)c1OS(=O)(=O)c1ccccc1. The van der Waals surface area contributed by atoms with Crippen LogP contribution in [0.4, 0.5) is 4.79 Å². The molecular formula is C33H34N2O9S. The summed E-state index contributed by atoms with van der Waals surface area (Å²) in [5, 5.41) is 2.21. The molecule has 236 valence electrons. The number of urea groups is 1. The van der Waals surface area contributed by atoms with Gasteiger partial charge in [0.1, 0.15) is 10.5 Å². The van der Waals surface area contributed by atoms with Crippen molar-refractivity contribution >= 4 is 34.0 Å². The van der Waals surface area contributed by atoms with Gasteiger partial charge in [0, 0.05) is 5.56 Å². The normalized spacial score (nSPS) is 14.2. The molecule has 3 aromatic rings. The Kier molecular flexibility index (Phi) is 10.6. The molecule has 1 saturated heterocycles. The van der Waals surface area contributed by atoms with Gasteiger partial charge >= 0.3 is 16.1 Å². The third kappa shape index (κ3) is 7.71. The molecular weight excluding hydrogens is 600 g/mol. The molecule has 1 N–H and O–H groups in total. The highest BCUT2D eigenvalue weighted by molar-refractivity contribution is 7.87. The first-order valence-corrected chi connectivity index (χ1v) is 15.6. The molecule has 1 fully saturated rings. The largest absolute Gasteiger partial charge is 0.493 e. The van der Waals surface area contributed by atoms with Gasteiger partial charge in [-0.3, -0.25) is 19.8 Å². The third-order valence-corrected chi connectivity index (χ3v) is 7.81. The second-order valence-corrected chi connectivity index (χ2v) is 11.4. The number of rotatable bonds is 14. The molecule has 1 aliphatic rings. The first-order chi connectivity index (χ1) is 21.6. The van der Waals surface area contributed by atoms with E-state index in [2.05, 4.69) is 11.9 Å². The maximum atomic E-state index is 13.5. The second-order valence-electron chi connectivity index (χ2n) is 9.83. The zero-order valence-corrected chi connectivity index (χ0v) is 26.0. The van der Waals surface area contributed by atoms with Crippen LogP contribution in [0.2, 0.25) is 0 Å². The number of methoxy groups -OCH3 is 1. The average molecular weight is 635 g/mol. The highest BCUT2D eigenvalue weighted by Gasteiger charge is 2.36. The Morgan fingerprint density at radius 3 is 2.36 bits per heavy atom. The quantitative estimate of drug-likeness (QED) is 0.112. The predicted octanol–water partition coefficient (Wildman–Crippen LogP) is 5.04. The fourth-order valence-electron chi connectivity index (χ4n) is 4.50. The van der Waals surface area contributed by atoms with E-state index in [-0.39, 0.29) is 41.5 Å². The summed E-state index contributed by atoms with van der Waals surface area (Å²) in [6.07, 6.45) is 3.85. The van der Waals surface area contributed by atoms with E-state index in [4.69, 9.17) is 18.4 Å². The minimum atomic E-state index is -4.22. The topological polar surface area (TPSA) is 138 Å². The van der Waals surface area contributed by atoms with Gasteiger partial charge in [-0.2, -0.15) is 8.42 Å². The molecule has 4 amide bonds. The Balaban J connectivity index is 1.69. The zero-order valence-electron chi connectivity index (χ0n) is 25.2. The predicted molar refractivity (Wildman–Crippen MR) is 167 cm³/mol. The number of barbiturate groups is 1. The van der Waals surface area contributed by atoms with Crippen molar-refractivity contribution in [3.8, 4) is 23.0 Å². The van der Waals surface area contributed by atoms with Gasteiger partial charge in [-0.1, -0.05) is 37.3 Å². The summed E-state index contributed by atoms with van der Waals surface area (Å²) in [5.74, 6) is -0.691. The second kappa shape index (κ2) is 14.6. The van der Waals surface area contributed by atoms with Gasteiger partial charge in [-0.15, -0.1) is 6.58 Å². The smallest absolute Gasteiger partial charge is 0.339 e. The van der Waals surface area contributed by atoms with E-state index in [9.17, 15) is 22.8 Å². The molecule has 12 heteroatoms. The zero-order chi connectivity index (χ0) is 32.6. The monoisotopic (exact) mass is 634 g/mol. The molecule has 0 aromatic heterocycles. The number of benzene rings is 3. The molecule has 0 unspecified atom stereocenters. The number of hydrogen-bond donors (Lipinski definition) is 1. The number of nitrogens with one attached hydrogen (secondary N) is 1. The minimum Gasteiger partial charge on any atom is -0.493 e. The maximum absolute atomic E-state index is 13.5. The van der Waals surface area contributed by atoms with Crippen molar-refractivity contribution in [1.82, 2.24) is 10.2 Å². The van der Waals surface area contributed by atoms with Gasteiger partial charge in [0.2, 0.25) is 0 Å². The Bertz CT molecular complexity index is 1730. The number of amides is 4. The van der Waals surface area contributed by atoms with Crippen molar-refractivity contribution < 1.29 is 41.2 Å². The fraction of sp³-hybridized carbons (Fsp3) is 0.242. The van der Waals surface area contributed by atoms with Gasteiger partial charge in [0.15, 0.2) is 23.0 Å². The number of carbonyl (C=O) groups is 3. The third-order valence-electron chi connectivity index (χ3n) is 6.57. The molecule has 0 radical (unpaired) electrons. The van der Waals surface area contributed by atoms with Crippen molar-refractivity contribution in [1.29, 1.82) is 0 Å². The summed E-state index contributed by atoms with van der Waals surface area (Å²) in [7, 11) is -2.73. The van der Waals surface area contributed by atoms with Crippen LogP contribution in [0, 0.1) is 0 Å². The molecule has 1 aliphatic heterocycles. The van der Waals surface area contributed by atoms with Crippen LogP contribution in [0.15, 0.2) is 83.8 Å². The molecule has 0 saturated carbocycles. The summed E-state index contributed by atoms with van der Waals surface area (Å²) in [5.41, 5.74) is 0.992. The molecule has 45 heavy (non-hydrogen) atoms. The highest BCUT2D eigenvalue weighted by Crippen LogP contribution is 2.37. The standard InChI is InChI=1S/C33H34N2O9S/c1-5-11-24-17-23(20-29(42-7-3)30(24)44-45(39,40)25-12-9-8-10-13-25)18-26-31(36)34-33(38)35(32(26)37)21-22-14-15-27(43-16-6-2)28(19-22)41-4/h5,8-10,12-15,17-20H,1,6-7,11,16,21H2,2-4H3,(H,34,36,38)/b26-18+. The van der Waals surface area contributed by atoms with E-state index in [1.165, 1.54) is 31.4 Å². The van der Waals surface area contributed by atoms with Gasteiger partial charge < -0.3 is 18.4 Å². The molecule has 1 heterocycles. The van der Waals surface area contributed by atoms with Crippen molar-refractivity contribution in [3.63, 3.8) is 0 Å². The summed E-state index contributed by atoms with van der Waals surface area (Å²) in [6, 6.07) is 14.9. The average Bonchev–Trinajstić information content (AvgIpc) is 3.02. The van der Waals surface area contributed by atoms with Crippen LogP contribution in [0.25, 0.3) is 6.08 Å². The summed E-state index contributed by atoms with van der Waals surface area (Å²) >= 11 is 0. The number of hydrogen-bond acceptors (Lipinski definition) is 9. The molecule has 4 rings (SSSR count). The van der Waals surface area contributed by atoms with Crippen molar-refractivity contribution in [3.05, 3.63) is 95.6 Å². The van der Waals surface area contributed by atoms with Gasteiger partial charge in [-0.25, -0.2) is 4.79 Å². The van der Waals surface area contributed by atoms with Crippen molar-refractivity contribution in [2.24, 2.45) is 0 Å². The Labute approximate surface area is 262 Å². The van der Waals surface area contributed by atoms with Crippen LogP contribution in [-0.2, 0) is 32.7 Å². The number of ether oxygens (including phenoxy) is 3. The lowest BCUT2D eigenvalue weighted by molar-refractivity contribution is -0.130. The number of allylic oxidation sites excluding steroid dienone is 1. The van der Waals surface area contributed by atoms with Crippen LogP contribution < -0.4 is 23.7 Å². The van der Waals surface area contributed by atoms with Crippen LogP contribution in [0.1, 0.15) is 37.0 Å². The number of carbonyl (C=O) groups excluding carboxylic acids is 3. The van der Waals surface area contributed by atoms with E-state index in [1.807, 2.05) is 6.92 Å². The van der Waals surface area contributed by atoms with E-state index in [1.54, 1.807) is 55.5 Å². The maximum Gasteiger partial charge on any atom is 0.339 e. The van der Waals surface area contributed by atoms with E-state index in [0.717, 1.165) is 11.3 Å². The molecule has 0 spiro atoms. The minimum absolute atomic E-state index is 0.0423. The Hall–Kier alpha value is -5.10.